The summed E-state index contributed by atoms with van der Waals surface area (Å²) in [6.45, 7) is 6.41. The summed E-state index contributed by atoms with van der Waals surface area (Å²) in [5.74, 6) is -2.18. The van der Waals surface area contributed by atoms with Crippen molar-refractivity contribution in [2.45, 2.75) is 44.8 Å². The smallest absolute Gasteiger partial charge is 0.264 e. The highest BCUT2D eigenvalue weighted by molar-refractivity contribution is 6.99. The van der Waals surface area contributed by atoms with Gasteiger partial charge in [-0.25, -0.2) is 0 Å². The molecule has 0 amide bonds. The van der Waals surface area contributed by atoms with Gasteiger partial charge in [0.25, 0.3) is 14.1 Å². The molecule has 0 bridgehead atoms. The first-order valence-corrected chi connectivity index (χ1v) is 11.1. The van der Waals surface area contributed by atoms with Crippen LogP contribution in [0.25, 0.3) is 0 Å². The van der Waals surface area contributed by atoms with Crippen molar-refractivity contribution in [3.8, 4) is 0 Å². The number of carbonyl (C=O) groups is 3. The lowest BCUT2D eigenvalue weighted by atomic mass is 9.94. The van der Waals surface area contributed by atoms with Crippen LogP contribution in [0.3, 0.4) is 0 Å². The molecule has 0 atom stereocenters. The molecule has 0 spiro atoms. The highest BCUT2D eigenvalue weighted by atomic mass is 28.4. The first-order chi connectivity index (χ1) is 12.8. The Labute approximate surface area is 160 Å². The van der Waals surface area contributed by atoms with Crippen LogP contribution in [0.5, 0.6) is 0 Å². The molecule has 140 valence electrons. The largest absolute Gasteiger partial charge is 0.404 e. The summed E-state index contributed by atoms with van der Waals surface area (Å²) in [5, 5.41) is 1.92. The molecule has 1 aliphatic carbocycles. The summed E-state index contributed by atoms with van der Waals surface area (Å²) < 4.78 is 6.75. The lowest BCUT2D eigenvalue weighted by Crippen LogP contribution is -2.68. The van der Waals surface area contributed by atoms with E-state index >= 15 is 0 Å². The van der Waals surface area contributed by atoms with Crippen molar-refractivity contribution in [3.05, 3.63) is 60.7 Å². The van der Waals surface area contributed by atoms with Gasteiger partial charge in [0.05, 0.1) is 6.10 Å². The zero-order valence-electron chi connectivity index (χ0n) is 15.9. The van der Waals surface area contributed by atoms with Gasteiger partial charge in [-0.2, -0.15) is 0 Å². The van der Waals surface area contributed by atoms with Gasteiger partial charge < -0.3 is 4.43 Å². The van der Waals surface area contributed by atoms with Crippen LogP contribution in [0.2, 0.25) is 5.04 Å². The molecule has 0 heterocycles. The highest BCUT2D eigenvalue weighted by Gasteiger charge is 2.52. The average Bonchev–Trinajstić information content (AvgIpc) is 2.64. The number of carbonyl (C=O) groups excluding carboxylic acids is 3. The van der Waals surface area contributed by atoms with Crippen LogP contribution in [-0.2, 0) is 18.8 Å². The minimum Gasteiger partial charge on any atom is -0.404 e. The van der Waals surface area contributed by atoms with Crippen LogP contribution in [0, 0.1) is 0 Å². The SMILES string of the molecule is CC(C)(C)[Si](OC1CC(=O)C(=O)C(=O)C1)(c1ccccc1)c1ccccc1. The molecule has 0 N–H and O–H groups in total. The normalized spacial score (nSPS) is 16.6. The van der Waals surface area contributed by atoms with Gasteiger partial charge in [-0.15, -0.1) is 0 Å². The molecule has 0 aliphatic heterocycles. The van der Waals surface area contributed by atoms with Gasteiger partial charge in [-0.05, 0) is 15.4 Å². The zero-order chi connectivity index (χ0) is 19.7. The van der Waals surface area contributed by atoms with E-state index in [9.17, 15) is 14.4 Å². The summed E-state index contributed by atoms with van der Waals surface area (Å²) in [7, 11) is -2.83. The molecule has 0 unspecified atom stereocenters. The molecular formula is C22H24O4Si. The summed E-state index contributed by atoms with van der Waals surface area (Å²) in [5.41, 5.74) is 0. The average molecular weight is 381 g/mol. The van der Waals surface area contributed by atoms with E-state index in [-0.39, 0.29) is 17.9 Å². The van der Waals surface area contributed by atoms with Crippen molar-refractivity contribution in [1.29, 1.82) is 0 Å². The van der Waals surface area contributed by atoms with Crippen molar-refractivity contribution in [2.24, 2.45) is 0 Å². The lowest BCUT2D eigenvalue weighted by molar-refractivity contribution is -0.148. The number of hydrogen-bond donors (Lipinski definition) is 0. The summed E-state index contributed by atoms with van der Waals surface area (Å²) in [4.78, 5) is 35.6. The molecule has 1 saturated carbocycles. The van der Waals surface area contributed by atoms with E-state index in [0.717, 1.165) is 10.4 Å². The summed E-state index contributed by atoms with van der Waals surface area (Å²) >= 11 is 0. The number of benzene rings is 2. The first kappa shape index (κ1) is 19.4. The molecule has 2 aromatic carbocycles. The van der Waals surface area contributed by atoms with Gasteiger partial charge >= 0.3 is 0 Å². The standard InChI is InChI=1S/C22H24O4Si/c1-22(2,3)27(17-10-6-4-7-11-17,18-12-8-5-9-13-18)26-16-14-19(23)21(25)20(24)15-16/h4-13,16H,14-15H2,1-3H3. The Morgan fingerprint density at radius 3 is 1.56 bits per heavy atom. The summed E-state index contributed by atoms with van der Waals surface area (Å²) in [6, 6.07) is 20.1. The number of Topliss-reactive ketones (excluding diaryl/α,β-unsaturated/α-hetero) is 3. The Hall–Kier alpha value is -2.37. The second-order valence-electron chi connectivity index (χ2n) is 7.99. The lowest BCUT2D eigenvalue weighted by Gasteiger charge is -2.45. The minimum absolute atomic E-state index is 0.0327. The van der Waals surface area contributed by atoms with Crippen LogP contribution in [0.15, 0.2) is 60.7 Å². The van der Waals surface area contributed by atoms with Crippen LogP contribution in [0.1, 0.15) is 33.6 Å². The van der Waals surface area contributed by atoms with Crippen LogP contribution >= 0.6 is 0 Å². The fraction of sp³-hybridized carbons (Fsp3) is 0.318. The van der Waals surface area contributed by atoms with Crippen molar-refractivity contribution in [3.63, 3.8) is 0 Å². The van der Waals surface area contributed by atoms with E-state index in [0.29, 0.717) is 0 Å². The third-order valence-electron chi connectivity index (χ3n) is 5.09. The van der Waals surface area contributed by atoms with E-state index < -0.39 is 31.8 Å². The Bertz CT molecular complexity index is 793. The van der Waals surface area contributed by atoms with Crippen molar-refractivity contribution < 1.29 is 18.8 Å². The Kier molecular flexibility index (Phi) is 5.26. The maximum Gasteiger partial charge on any atom is 0.264 e. The maximum atomic E-state index is 12.0. The van der Waals surface area contributed by atoms with Gasteiger partial charge in [0.1, 0.15) is 0 Å². The van der Waals surface area contributed by atoms with Gasteiger partial charge in [0.15, 0.2) is 0 Å². The molecule has 5 heteroatoms. The molecule has 3 rings (SSSR count). The fourth-order valence-electron chi connectivity index (χ4n) is 3.85. The van der Waals surface area contributed by atoms with E-state index in [1.807, 2.05) is 36.4 Å². The predicted octanol–water partition coefficient (Wildman–Crippen LogP) is 2.43. The van der Waals surface area contributed by atoms with Crippen LogP contribution in [-0.4, -0.2) is 31.8 Å². The van der Waals surface area contributed by atoms with E-state index in [1.165, 1.54) is 0 Å². The monoisotopic (exact) mass is 380 g/mol. The summed E-state index contributed by atoms with van der Waals surface area (Å²) in [6.07, 6.45) is -0.640. The Morgan fingerprint density at radius 2 is 1.19 bits per heavy atom. The topological polar surface area (TPSA) is 60.4 Å². The molecular weight excluding hydrogens is 356 g/mol. The third-order valence-corrected chi connectivity index (χ3v) is 10.2. The number of ketones is 3. The molecule has 2 aromatic rings. The minimum atomic E-state index is -2.83. The molecule has 4 nitrogen and oxygen atoms in total. The van der Waals surface area contributed by atoms with Crippen molar-refractivity contribution >= 4 is 36.0 Å². The molecule has 0 saturated heterocycles. The van der Waals surface area contributed by atoms with Crippen molar-refractivity contribution in [2.75, 3.05) is 0 Å². The highest BCUT2D eigenvalue weighted by Crippen LogP contribution is 2.38. The molecule has 0 aromatic heterocycles. The number of rotatable bonds is 4. The second-order valence-corrected chi connectivity index (χ2v) is 12.2. The van der Waals surface area contributed by atoms with E-state index in [4.69, 9.17) is 4.43 Å². The van der Waals surface area contributed by atoms with E-state index in [2.05, 4.69) is 45.0 Å². The van der Waals surface area contributed by atoms with E-state index in [1.54, 1.807) is 0 Å². The fourth-order valence-corrected chi connectivity index (χ4v) is 8.53. The molecule has 1 aliphatic rings. The molecule has 1 fully saturated rings. The van der Waals surface area contributed by atoms with Gasteiger partial charge in [0.2, 0.25) is 11.6 Å². The van der Waals surface area contributed by atoms with Crippen molar-refractivity contribution in [1.82, 2.24) is 0 Å². The van der Waals surface area contributed by atoms with Crippen LogP contribution < -0.4 is 10.4 Å². The second kappa shape index (κ2) is 7.33. The Morgan fingerprint density at radius 1 is 0.778 bits per heavy atom. The molecule has 0 radical (unpaired) electrons. The first-order valence-electron chi connectivity index (χ1n) is 9.15. The Balaban J connectivity index is 2.14. The van der Waals surface area contributed by atoms with Gasteiger partial charge in [0, 0.05) is 12.8 Å². The third kappa shape index (κ3) is 3.57. The number of hydrogen-bond acceptors (Lipinski definition) is 4. The van der Waals surface area contributed by atoms with Gasteiger partial charge in [-0.3, -0.25) is 14.4 Å². The van der Waals surface area contributed by atoms with Crippen LogP contribution in [0.4, 0.5) is 0 Å². The molecule has 27 heavy (non-hydrogen) atoms. The zero-order valence-corrected chi connectivity index (χ0v) is 16.9. The van der Waals surface area contributed by atoms with Gasteiger partial charge in [-0.1, -0.05) is 81.4 Å². The predicted molar refractivity (Wildman–Crippen MR) is 107 cm³/mol. The quantitative estimate of drug-likeness (QED) is 0.604. The maximum absolute atomic E-state index is 12.0.